The van der Waals surface area contributed by atoms with E-state index in [0.717, 1.165) is 17.8 Å². The highest BCUT2D eigenvalue weighted by molar-refractivity contribution is 8.00. The number of methoxy groups -OCH3 is 1. The van der Waals surface area contributed by atoms with Gasteiger partial charge < -0.3 is 30.5 Å². The molecule has 1 saturated heterocycles. The molecule has 1 unspecified atom stereocenters. The fourth-order valence-corrected chi connectivity index (χ4v) is 5.26. The predicted octanol–water partition coefficient (Wildman–Crippen LogP) is 0.438. The van der Waals surface area contributed by atoms with Crippen LogP contribution >= 0.6 is 23.1 Å². The van der Waals surface area contributed by atoms with Crippen LogP contribution in [0.25, 0.3) is 0 Å². The molecule has 2 aliphatic heterocycles. The number of nitrogens with two attached hydrogens (primary N) is 1. The minimum Gasteiger partial charge on any atom is -0.428 e. The fourth-order valence-electron chi connectivity index (χ4n) is 3.39. The normalized spacial score (nSPS) is 19.7. The molecule has 3 rings (SSSR count). The molecule has 2 aliphatic rings. The van der Waals surface area contributed by atoms with Crippen LogP contribution in [0, 0.1) is 0 Å². The number of thioether (sulfide) groups is 1. The Morgan fingerprint density at radius 1 is 1.37 bits per heavy atom. The second kappa shape index (κ2) is 12.0. The Hall–Kier alpha value is -3.17. The lowest BCUT2D eigenvalue weighted by Gasteiger charge is -2.49. The van der Waals surface area contributed by atoms with Crippen LogP contribution in [0.3, 0.4) is 0 Å². The molecule has 190 valence electrons. The molecule has 4 N–H and O–H groups in total. The molecule has 2 amide bonds. The molecule has 0 aromatic carbocycles. The number of nitrogens with zero attached hydrogens (tertiary/aromatic N) is 3. The molecule has 0 saturated carbocycles. The lowest BCUT2D eigenvalue weighted by Crippen LogP contribution is -2.71. The van der Waals surface area contributed by atoms with Crippen molar-refractivity contribution in [2.24, 2.45) is 5.16 Å². The van der Waals surface area contributed by atoms with Gasteiger partial charge in [-0.15, -0.1) is 23.1 Å². The van der Waals surface area contributed by atoms with E-state index >= 15 is 0 Å². The number of ether oxygens (including phenoxy) is 3. The summed E-state index contributed by atoms with van der Waals surface area (Å²) in [7, 11) is 1.45. The van der Waals surface area contributed by atoms with Crippen molar-refractivity contribution in [3.63, 3.8) is 0 Å². The topological polar surface area (TPSA) is 183 Å². The van der Waals surface area contributed by atoms with Crippen molar-refractivity contribution in [3.8, 4) is 0 Å². The van der Waals surface area contributed by atoms with E-state index in [-0.39, 0.29) is 29.6 Å². The molecular formula is C20H25N5O8S2. The highest BCUT2D eigenvalue weighted by Gasteiger charge is 2.54. The average Bonchev–Trinajstić information content (AvgIpc) is 3.27. The monoisotopic (exact) mass is 527 g/mol. The minimum atomic E-state index is -0.987. The number of esters is 2. The van der Waals surface area contributed by atoms with Gasteiger partial charge in [0, 0.05) is 24.7 Å². The Kier molecular flexibility index (Phi) is 9.06. The number of rotatable bonds is 11. The first-order valence-corrected chi connectivity index (χ1v) is 12.5. The van der Waals surface area contributed by atoms with Gasteiger partial charge in [-0.25, -0.2) is 9.78 Å². The lowest BCUT2D eigenvalue weighted by molar-refractivity contribution is -0.168. The summed E-state index contributed by atoms with van der Waals surface area (Å²) >= 11 is 2.37. The number of hydrogen-bond donors (Lipinski definition) is 3. The van der Waals surface area contributed by atoms with Gasteiger partial charge in [0.2, 0.25) is 6.79 Å². The molecule has 0 aliphatic carbocycles. The molecule has 1 aromatic heterocycles. The summed E-state index contributed by atoms with van der Waals surface area (Å²) in [5.41, 5.74) is 5.73. The van der Waals surface area contributed by atoms with Gasteiger partial charge in [-0.2, -0.15) is 0 Å². The Bertz CT molecular complexity index is 1060. The number of oxime groups is 1. The zero-order valence-corrected chi connectivity index (χ0v) is 20.6. The number of amides is 2. The van der Waals surface area contributed by atoms with Crippen LogP contribution in [0.4, 0.5) is 5.13 Å². The van der Waals surface area contributed by atoms with E-state index in [2.05, 4.69) is 15.5 Å². The van der Waals surface area contributed by atoms with Crippen LogP contribution < -0.4 is 11.1 Å². The smallest absolute Gasteiger partial charge is 0.358 e. The molecule has 0 radical (unpaired) electrons. The van der Waals surface area contributed by atoms with E-state index in [9.17, 15) is 24.4 Å². The Balaban J connectivity index is 1.68. The maximum atomic E-state index is 12.9. The summed E-state index contributed by atoms with van der Waals surface area (Å²) in [6.07, 6.45) is 1.69. The van der Waals surface area contributed by atoms with Gasteiger partial charge in [-0.1, -0.05) is 18.5 Å². The lowest BCUT2D eigenvalue weighted by atomic mass is 10.0. The van der Waals surface area contributed by atoms with Crippen LogP contribution in [0.5, 0.6) is 0 Å². The van der Waals surface area contributed by atoms with Crippen molar-refractivity contribution in [1.29, 1.82) is 0 Å². The first-order valence-electron chi connectivity index (χ1n) is 10.5. The first-order chi connectivity index (χ1) is 16.8. The van der Waals surface area contributed by atoms with Crippen LogP contribution in [0.1, 0.15) is 31.9 Å². The van der Waals surface area contributed by atoms with E-state index in [1.165, 1.54) is 29.2 Å². The van der Waals surface area contributed by atoms with E-state index < -0.39 is 47.7 Å². The van der Waals surface area contributed by atoms with Crippen molar-refractivity contribution < 1.29 is 38.6 Å². The Morgan fingerprint density at radius 2 is 2.14 bits per heavy atom. The van der Waals surface area contributed by atoms with Crippen molar-refractivity contribution in [2.45, 2.75) is 37.6 Å². The second-order valence-corrected chi connectivity index (χ2v) is 9.43. The van der Waals surface area contributed by atoms with Gasteiger partial charge in [-0.3, -0.25) is 19.3 Å². The van der Waals surface area contributed by atoms with Crippen molar-refractivity contribution >= 4 is 57.7 Å². The fraction of sp³-hybridized carbons (Fsp3) is 0.500. The highest BCUT2D eigenvalue weighted by atomic mass is 32.2. The molecular weight excluding hydrogens is 502 g/mol. The van der Waals surface area contributed by atoms with Gasteiger partial charge in [0.15, 0.2) is 10.8 Å². The van der Waals surface area contributed by atoms with Crippen LogP contribution in [0.15, 0.2) is 21.8 Å². The minimum absolute atomic E-state index is 0.0148. The maximum Gasteiger partial charge on any atom is 0.358 e. The number of β-lactam (4-membered cyclic amide) rings is 1. The van der Waals surface area contributed by atoms with Crippen LogP contribution in [-0.2, 0) is 33.4 Å². The van der Waals surface area contributed by atoms with E-state index in [1.807, 2.05) is 6.92 Å². The highest BCUT2D eigenvalue weighted by Crippen LogP contribution is 2.40. The van der Waals surface area contributed by atoms with Gasteiger partial charge in [-0.05, 0) is 12.0 Å². The van der Waals surface area contributed by atoms with Crippen LogP contribution in [-0.4, -0.2) is 82.2 Å². The molecule has 1 aromatic rings. The molecule has 35 heavy (non-hydrogen) atoms. The van der Waals surface area contributed by atoms with Gasteiger partial charge >= 0.3 is 11.9 Å². The first kappa shape index (κ1) is 26.4. The SMILES string of the molecule is CCCCC(=O)OCOC(=O)C1=C(COC)CS[C@H]2C(NC(=O)C(=NO)c3csc(N)n3)C(=O)N12. The summed E-state index contributed by atoms with van der Waals surface area (Å²) in [6, 6.07) is -0.987. The predicted molar refractivity (Wildman–Crippen MR) is 125 cm³/mol. The Morgan fingerprint density at radius 3 is 2.77 bits per heavy atom. The van der Waals surface area contributed by atoms with Crippen molar-refractivity contribution in [2.75, 3.05) is 32.0 Å². The number of nitrogens with one attached hydrogen (secondary N) is 1. The quantitative estimate of drug-likeness (QED) is 0.0906. The second-order valence-electron chi connectivity index (χ2n) is 7.44. The summed E-state index contributed by atoms with van der Waals surface area (Å²) in [5, 5.41) is 15.8. The van der Waals surface area contributed by atoms with E-state index in [1.54, 1.807) is 0 Å². The maximum absolute atomic E-state index is 12.9. The summed E-state index contributed by atoms with van der Waals surface area (Å²) in [5.74, 6) is -2.40. The largest absolute Gasteiger partial charge is 0.428 e. The zero-order chi connectivity index (χ0) is 25.5. The number of hydrogen-bond acceptors (Lipinski definition) is 13. The molecule has 2 atom stereocenters. The molecule has 3 heterocycles. The average molecular weight is 528 g/mol. The number of nitrogen functional groups attached to an aromatic ring is 1. The van der Waals surface area contributed by atoms with Crippen molar-refractivity contribution in [3.05, 3.63) is 22.3 Å². The standard InChI is InChI=1S/C20H25N5O8S2/c1-3-4-5-12(26)32-9-33-19(29)15-10(6-31-2)7-34-18-14(17(28)25(15)18)23-16(27)13(24-30)11-8-35-20(21)22-11/h8,14,18,30H,3-7,9H2,1-2H3,(H2,21,22)(H,23,27)/t14?,18-/m0/s1. The number of fused-ring (bicyclic) bond motifs is 1. The van der Waals surface area contributed by atoms with Crippen molar-refractivity contribution in [1.82, 2.24) is 15.2 Å². The number of carbonyl (C=O) groups is 4. The summed E-state index contributed by atoms with van der Waals surface area (Å²) in [4.78, 5) is 55.1. The van der Waals surface area contributed by atoms with Crippen LogP contribution in [0.2, 0.25) is 0 Å². The third-order valence-electron chi connectivity index (χ3n) is 5.07. The number of thiazole rings is 1. The molecule has 15 heteroatoms. The zero-order valence-electron chi connectivity index (χ0n) is 19.0. The molecule has 0 spiro atoms. The summed E-state index contributed by atoms with van der Waals surface area (Å²) in [6.45, 7) is 1.42. The number of anilines is 1. The molecule has 1 fully saturated rings. The molecule has 13 nitrogen and oxygen atoms in total. The van der Waals surface area contributed by atoms with Gasteiger partial charge in [0.25, 0.3) is 11.8 Å². The van der Waals surface area contributed by atoms with E-state index in [4.69, 9.17) is 19.9 Å². The number of carbonyl (C=O) groups excluding carboxylic acids is 4. The summed E-state index contributed by atoms with van der Waals surface area (Å²) < 4.78 is 15.1. The molecule has 0 bridgehead atoms. The Labute approximate surface area is 208 Å². The van der Waals surface area contributed by atoms with E-state index in [0.29, 0.717) is 17.7 Å². The number of unbranched alkanes of at least 4 members (excludes halogenated alkanes) is 1. The third kappa shape index (κ3) is 5.91. The van der Waals surface area contributed by atoms with Gasteiger partial charge in [0.05, 0.1) is 6.61 Å². The number of aromatic nitrogens is 1. The third-order valence-corrected chi connectivity index (χ3v) is 7.08. The van der Waals surface area contributed by atoms with Gasteiger partial charge in [0.1, 0.15) is 22.8 Å².